The number of nitrogens with zero attached hydrogens (tertiary/aromatic N) is 2. The van der Waals surface area contributed by atoms with Crippen LogP contribution in [-0.2, 0) is 9.53 Å². The van der Waals surface area contributed by atoms with Crippen LogP contribution in [0.15, 0.2) is 23.3 Å². The first-order valence-electron chi connectivity index (χ1n) is 9.75. The molecule has 27 heavy (non-hydrogen) atoms. The van der Waals surface area contributed by atoms with Gasteiger partial charge in [-0.25, -0.2) is 4.79 Å². The zero-order chi connectivity index (χ0) is 20.4. The second kappa shape index (κ2) is 8.05. The van der Waals surface area contributed by atoms with E-state index < -0.39 is 11.7 Å². The number of hydrogen-bond acceptors (Lipinski definition) is 4. The number of allylic oxidation sites excluding steroid dienone is 2. The van der Waals surface area contributed by atoms with E-state index in [2.05, 4.69) is 13.8 Å². The summed E-state index contributed by atoms with van der Waals surface area (Å²) < 4.78 is 5.38. The van der Waals surface area contributed by atoms with E-state index in [4.69, 9.17) is 4.74 Å². The summed E-state index contributed by atoms with van der Waals surface area (Å²) in [6.45, 7) is 13.7. The first-order chi connectivity index (χ1) is 12.4. The third kappa shape index (κ3) is 5.58. The molecule has 0 aromatic rings. The van der Waals surface area contributed by atoms with Gasteiger partial charge in [0.15, 0.2) is 0 Å². The zero-order valence-electron chi connectivity index (χ0n) is 17.5. The Morgan fingerprint density at radius 2 is 1.70 bits per heavy atom. The van der Waals surface area contributed by atoms with Crippen molar-refractivity contribution in [1.82, 2.24) is 9.80 Å². The minimum atomic E-state index is -0.518. The fraction of sp³-hybridized carbons (Fsp3) is 0.714. The van der Waals surface area contributed by atoms with Gasteiger partial charge >= 0.3 is 6.09 Å². The molecule has 0 radical (unpaired) electrons. The van der Waals surface area contributed by atoms with Crippen LogP contribution in [0.3, 0.4) is 0 Å². The summed E-state index contributed by atoms with van der Waals surface area (Å²) in [4.78, 5) is 28.1. The van der Waals surface area contributed by atoms with Gasteiger partial charge in [-0.3, -0.25) is 4.79 Å². The van der Waals surface area contributed by atoms with E-state index >= 15 is 0 Å². The number of ether oxygens (including phenoxy) is 1. The molecule has 1 fully saturated rings. The number of piperazine rings is 1. The van der Waals surface area contributed by atoms with Crippen molar-refractivity contribution < 1.29 is 19.4 Å². The van der Waals surface area contributed by atoms with Crippen molar-refractivity contribution in [2.75, 3.05) is 26.2 Å². The van der Waals surface area contributed by atoms with Crippen LogP contribution in [0.2, 0.25) is 0 Å². The summed E-state index contributed by atoms with van der Waals surface area (Å²) in [6, 6.07) is 0. The second-order valence-corrected chi connectivity index (χ2v) is 9.16. The molecule has 152 valence electrons. The van der Waals surface area contributed by atoms with E-state index in [0.717, 1.165) is 24.0 Å². The molecule has 1 N–H and O–H groups in total. The molecule has 1 unspecified atom stereocenters. The van der Waals surface area contributed by atoms with Gasteiger partial charge in [0, 0.05) is 32.3 Å². The van der Waals surface area contributed by atoms with Crippen LogP contribution < -0.4 is 0 Å². The lowest BCUT2D eigenvalue weighted by molar-refractivity contribution is -0.127. The first kappa shape index (κ1) is 21.5. The van der Waals surface area contributed by atoms with Gasteiger partial charge in [-0.15, -0.1) is 0 Å². The highest BCUT2D eigenvalue weighted by atomic mass is 16.6. The Morgan fingerprint density at radius 3 is 2.26 bits per heavy atom. The van der Waals surface area contributed by atoms with Crippen LogP contribution in [-0.4, -0.2) is 64.8 Å². The van der Waals surface area contributed by atoms with E-state index in [1.54, 1.807) is 15.9 Å². The molecule has 6 heteroatoms. The minimum Gasteiger partial charge on any atom is -0.444 e. The average molecular weight is 379 g/mol. The molecule has 1 saturated heterocycles. The number of carbonyl (C=O) groups excluding carboxylic acids is 2. The molecule has 6 nitrogen and oxygen atoms in total. The van der Waals surface area contributed by atoms with Crippen molar-refractivity contribution in [2.24, 2.45) is 5.41 Å². The molecule has 2 aliphatic rings. The van der Waals surface area contributed by atoms with Gasteiger partial charge in [-0.2, -0.15) is 0 Å². The van der Waals surface area contributed by atoms with E-state index in [-0.39, 0.29) is 17.4 Å². The lowest BCUT2D eigenvalue weighted by Gasteiger charge is -2.36. The standard InChI is InChI=1S/C21H34N2O4/c1-15-16(21(5,6)10-9-17(15)24)7-8-18(25)22-11-13-23(14-12-22)19(26)27-20(2,3)4/h7-8,17,24H,9-14H2,1-6H3/b8-7+. The van der Waals surface area contributed by atoms with E-state index in [9.17, 15) is 14.7 Å². The number of carbonyl (C=O) groups is 2. The van der Waals surface area contributed by atoms with Crippen LogP contribution in [0.1, 0.15) is 54.4 Å². The SMILES string of the molecule is CC1=C(/C=C/C(=O)N2CCN(C(=O)OC(C)(C)C)CC2)C(C)(C)CCC1O. The van der Waals surface area contributed by atoms with E-state index in [1.807, 2.05) is 33.8 Å². The van der Waals surface area contributed by atoms with Crippen LogP contribution in [0.5, 0.6) is 0 Å². The second-order valence-electron chi connectivity index (χ2n) is 9.16. The average Bonchev–Trinajstić information content (AvgIpc) is 2.57. The van der Waals surface area contributed by atoms with Crippen molar-refractivity contribution in [3.8, 4) is 0 Å². The molecule has 2 amide bonds. The molecule has 0 aromatic carbocycles. The van der Waals surface area contributed by atoms with Crippen molar-refractivity contribution in [1.29, 1.82) is 0 Å². The highest BCUT2D eigenvalue weighted by Gasteiger charge is 2.31. The summed E-state index contributed by atoms with van der Waals surface area (Å²) in [5.74, 6) is -0.0602. The minimum absolute atomic E-state index is 0.0461. The lowest BCUT2D eigenvalue weighted by atomic mass is 9.71. The molecule has 0 saturated carbocycles. The van der Waals surface area contributed by atoms with Gasteiger partial charge in [-0.05, 0) is 57.1 Å². The summed E-state index contributed by atoms with van der Waals surface area (Å²) in [6.07, 6.45) is 4.36. The fourth-order valence-electron chi connectivity index (χ4n) is 3.61. The first-order valence-corrected chi connectivity index (χ1v) is 9.75. The number of aliphatic hydroxyl groups excluding tert-OH is 1. The smallest absolute Gasteiger partial charge is 0.410 e. The van der Waals surface area contributed by atoms with Crippen LogP contribution >= 0.6 is 0 Å². The van der Waals surface area contributed by atoms with Gasteiger partial charge in [0.25, 0.3) is 0 Å². The summed E-state index contributed by atoms with van der Waals surface area (Å²) in [5, 5.41) is 10.1. The molecule has 1 heterocycles. The molecule has 1 aliphatic carbocycles. The van der Waals surface area contributed by atoms with Gasteiger partial charge in [0.2, 0.25) is 5.91 Å². The van der Waals surface area contributed by atoms with Gasteiger partial charge in [0.05, 0.1) is 6.10 Å². The van der Waals surface area contributed by atoms with Gasteiger partial charge < -0.3 is 19.6 Å². The quantitative estimate of drug-likeness (QED) is 0.750. The van der Waals surface area contributed by atoms with Crippen molar-refractivity contribution in [3.63, 3.8) is 0 Å². The van der Waals surface area contributed by atoms with Gasteiger partial charge in [0.1, 0.15) is 5.60 Å². The maximum Gasteiger partial charge on any atom is 0.410 e. The molecular weight excluding hydrogens is 344 g/mol. The number of amides is 2. The third-order valence-corrected chi connectivity index (χ3v) is 5.33. The Kier molecular flexibility index (Phi) is 6.40. The largest absolute Gasteiger partial charge is 0.444 e. The van der Waals surface area contributed by atoms with Crippen LogP contribution in [0, 0.1) is 5.41 Å². The Morgan fingerprint density at radius 1 is 1.15 bits per heavy atom. The predicted octanol–water partition coefficient (Wildman–Crippen LogP) is 3.12. The fourth-order valence-corrected chi connectivity index (χ4v) is 3.61. The monoisotopic (exact) mass is 378 g/mol. The number of rotatable bonds is 2. The third-order valence-electron chi connectivity index (χ3n) is 5.33. The van der Waals surface area contributed by atoms with E-state index in [1.165, 1.54) is 0 Å². The summed E-state index contributed by atoms with van der Waals surface area (Å²) >= 11 is 0. The topological polar surface area (TPSA) is 70.1 Å². The molecule has 0 aromatic heterocycles. The van der Waals surface area contributed by atoms with Crippen molar-refractivity contribution >= 4 is 12.0 Å². The van der Waals surface area contributed by atoms with Crippen molar-refractivity contribution in [2.45, 2.75) is 66.1 Å². The molecule has 2 rings (SSSR count). The summed E-state index contributed by atoms with van der Waals surface area (Å²) in [5.41, 5.74) is 1.43. The Labute approximate surface area is 162 Å². The maximum atomic E-state index is 12.6. The highest BCUT2D eigenvalue weighted by molar-refractivity contribution is 5.88. The maximum absolute atomic E-state index is 12.6. The predicted molar refractivity (Wildman–Crippen MR) is 105 cm³/mol. The van der Waals surface area contributed by atoms with E-state index in [0.29, 0.717) is 26.2 Å². The molecule has 0 bridgehead atoms. The van der Waals surface area contributed by atoms with Crippen LogP contribution in [0.25, 0.3) is 0 Å². The Hall–Kier alpha value is -1.82. The van der Waals surface area contributed by atoms with Crippen molar-refractivity contribution in [3.05, 3.63) is 23.3 Å². The highest BCUT2D eigenvalue weighted by Crippen LogP contribution is 2.40. The van der Waals surface area contributed by atoms with Gasteiger partial charge in [-0.1, -0.05) is 19.9 Å². The molecule has 1 aliphatic heterocycles. The molecule has 1 atom stereocenters. The molecule has 0 spiro atoms. The molecular formula is C21H34N2O4. The summed E-state index contributed by atoms with van der Waals surface area (Å²) in [7, 11) is 0. The number of hydrogen-bond donors (Lipinski definition) is 1. The zero-order valence-corrected chi connectivity index (χ0v) is 17.5. The lowest BCUT2D eigenvalue weighted by Crippen LogP contribution is -2.51. The van der Waals surface area contributed by atoms with Crippen LogP contribution in [0.4, 0.5) is 4.79 Å². The normalized spacial score (nSPS) is 23.7. The Bertz CT molecular complexity index is 635. The number of aliphatic hydroxyl groups is 1. The Balaban J connectivity index is 1.95.